The van der Waals surface area contributed by atoms with Crippen LogP contribution in [0.2, 0.25) is 0 Å². The molecule has 2 aromatic heterocycles. The van der Waals surface area contributed by atoms with Gasteiger partial charge in [0.25, 0.3) is 0 Å². The van der Waals surface area contributed by atoms with Gasteiger partial charge in [0.2, 0.25) is 0 Å². The molecule has 0 aliphatic heterocycles. The van der Waals surface area contributed by atoms with E-state index in [2.05, 4.69) is 9.97 Å². The fourth-order valence-electron chi connectivity index (χ4n) is 3.21. The monoisotopic (exact) mass is 384 g/mol. The van der Waals surface area contributed by atoms with Gasteiger partial charge in [0.05, 0.1) is 0 Å². The normalized spacial score (nSPS) is 14.8. The van der Waals surface area contributed by atoms with E-state index < -0.39 is 0 Å². The third kappa shape index (κ3) is 3.62. The number of esters is 1. The molecule has 0 amide bonds. The average Bonchev–Trinajstić information content (AvgIpc) is 3.06. The van der Waals surface area contributed by atoms with Crippen LogP contribution < -0.4 is 0 Å². The average molecular weight is 385 g/mol. The van der Waals surface area contributed by atoms with Gasteiger partial charge in [-0.1, -0.05) is 42.1 Å². The number of fused-ring (bicyclic) bond motifs is 3. The predicted octanol–water partition coefficient (Wildman–Crippen LogP) is 4.79. The minimum atomic E-state index is -0.309. The SMILES string of the molecule is C[C@H](Sc1ncnc2sc3c(c12)CCCC3)C(=O)OCc1ccccc1. The van der Waals surface area contributed by atoms with Gasteiger partial charge in [-0.2, -0.15) is 0 Å². The fourth-order valence-corrected chi connectivity index (χ4v) is 5.45. The molecule has 134 valence electrons. The van der Waals surface area contributed by atoms with E-state index in [0.717, 1.165) is 33.6 Å². The number of hydrogen-bond acceptors (Lipinski definition) is 6. The number of thioether (sulfide) groups is 1. The van der Waals surface area contributed by atoms with Crippen molar-refractivity contribution in [2.75, 3.05) is 0 Å². The van der Waals surface area contributed by atoms with Crippen LogP contribution in [-0.2, 0) is 29.0 Å². The molecule has 0 unspecified atom stereocenters. The number of benzene rings is 1. The maximum Gasteiger partial charge on any atom is 0.319 e. The molecular weight excluding hydrogens is 364 g/mol. The maximum absolute atomic E-state index is 12.4. The number of ether oxygens (including phenoxy) is 1. The molecule has 4 nitrogen and oxygen atoms in total. The van der Waals surface area contributed by atoms with Gasteiger partial charge in [0.15, 0.2) is 0 Å². The minimum Gasteiger partial charge on any atom is -0.460 e. The van der Waals surface area contributed by atoms with Gasteiger partial charge < -0.3 is 4.74 Å². The van der Waals surface area contributed by atoms with Gasteiger partial charge in [-0.15, -0.1) is 11.3 Å². The van der Waals surface area contributed by atoms with Crippen LogP contribution in [0.25, 0.3) is 10.2 Å². The Hall–Kier alpha value is -1.92. The molecule has 26 heavy (non-hydrogen) atoms. The molecule has 1 aromatic carbocycles. The van der Waals surface area contributed by atoms with Gasteiger partial charge in [-0.3, -0.25) is 4.79 Å². The number of hydrogen-bond donors (Lipinski definition) is 0. The van der Waals surface area contributed by atoms with Crippen LogP contribution in [0.4, 0.5) is 0 Å². The van der Waals surface area contributed by atoms with Crippen molar-refractivity contribution in [3.63, 3.8) is 0 Å². The van der Waals surface area contributed by atoms with Crippen molar-refractivity contribution < 1.29 is 9.53 Å². The zero-order valence-electron chi connectivity index (χ0n) is 14.6. The summed E-state index contributed by atoms with van der Waals surface area (Å²) in [5, 5.41) is 1.74. The van der Waals surface area contributed by atoms with Gasteiger partial charge in [-0.05, 0) is 43.7 Å². The molecule has 0 bridgehead atoms. The van der Waals surface area contributed by atoms with Gasteiger partial charge in [0, 0.05) is 10.3 Å². The van der Waals surface area contributed by atoms with Crippen molar-refractivity contribution in [2.45, 2.75) is 49.5 Å². The quantitative estimate of drug-likeness (QED) is 0.359. The molecule has 0 fully saturated rings. The summed E-state index contributed by atoms with van der Waals surface area (Å²) in [5.41, 5.74) is 2.39. The number of rotatable bonds is 5. The Labute approximate surface area is 161 Å². The molecule has 0 spiro atoms. The second-order valence-corrected chi connectivity index (χ2v) is 8.84. The Morgan fingerprint density at radius 3 is 2.88 bits per heavy atom. The number of thiophene rings is 1. The smallest absolute Gasteiger partial charge is 0.319 e. The largest absolute Gasteiger partial charge is 0.460 e. The molecule has 0 radical (unpaired) electrons. The van der Waals surface area contributed by atoms with Crippen molar-refractivity contribution in [3.05, 3.63) is 52.7 Å². The van der Waals surface area contributed by atoms with Gasteiger partial charge in [-0.25, -0.2) is 9.97 Å². The first-order valence-corrected chi connectivity index (χ1v) is 10.5. The van der Waals surface area contributed by atoms with E-state index in [-0.39, 0.29) is 11.2 Å². The summed E-state index contributed by atoms with van der Waals surface area (Å²) in [6.45, 7) is 2.18. The third-order valence-corrected chi connectivity index (χ3v) is 6.84. The summed E-state index contributed by atoms with van der Waals surface area (Å²) in [4.78, 5) is 23.8. The first-order valence-electron chi connectivity index (χ1n) is 8.85. The number of nitrogens with zero attached hydrogens (tertiary/aromatic N) is 2. The Morgan fingerprint density at radius 2 is 2.04 bits per heavy atom. The van der Waals surface area contributed by atoms with Crippen molar-refractivity contribution in [3.8, 4) is 0 Å². The van der Waals surface area contributed by atoms with E-state index >= 15 is 0 Å². The van der Waals surface area contributed by atoms with Crippen LogP contribution in [0.1, 0.15) is 35.8 Å². The summed E-state index contributed by atoms with van der Waals surface area (Å²) in [6.07, 6.45) is 6.29. The number of carbonyl (C=O) groups is 1. The van der Waals surface area contributed by atoms with Crippen molar-refractivity contribution in [1.82, 2.24) is 9.97 Å². The first kappa shape index (κ1) is 17.5. The van der Waals surface area contributed by atoms with Gasteiger partial charge in [0.1, 0.15) is 28.0 Å². The second kappa shape index (κ2) is 7.76. The molecule has 6 heteroatoms. The molecule has 0 N–H and O–H groups in total. The lowest BCUT2D eigenvalue weighted by atomic mass is 9.97. The van der Waals surface area contributed by atoms with E-state index in [1.54, 1.807) is 17.7 Å². The molecule has 1 atom stereocenters. The number of aromatic nitrogens is 2. The van der Waals surface area contributed by atoms with Crippen LogP contribution >= 0.6 is 23.1 Å². The van der Waals surface area contributed by atoms with Crippen LogP contribution in [0.5, 0.6) is 0 Å². The summed E-state index contributed by atoms with van der Waals surface area (Å²) < 4.78 is 5.47. The maximum atomic E-state index is 12.4. The van der Waals surface area contributed by atoms with Crippen molar-refractivity contribution >= 4 is 39.3 Å². The standard InChI is InChI=1S/C20H20N2O2S2/c1-13(20(23)24-11-14-7-3-2-4-8-14)25-18-17-15-9-5-6-10-16(15)26-19(17)22-12-21-18/h2-4,7-8,12-13H,5-6,9-11H2,1H3/t13-/m0/s1. The summed E-state index contributed by atoms with van der Waals surface area (Å²) >= 11 is 3.25. The van der Waals surface area contributed by atoms with Gasteiger partial charge >= 0.3 is 5.97 Å². The Kier molecular flexibility index (Phi) is 5.22. The third-order valence-electron chi connectivity index (χ3n) is 4.56. The highest BCUT2D eigenvalue weighted by molar-refractivity contribution is 8.00. The van der Waals surface area contributed by atoms with Crippen LogP contribution in [0, 0.1) is 0 Å². The molecule has 3 aromatic rings. The van der Waals surface area contributed by atoms with E-state index in [0.29, 0.717) is 6.61 Å². The lowest BCUT2D eigenvalue weighted by molar-refractivity contribution is -0.143. The Balaban J connectivity index is 1.49. The van der Waals surface area contributed by atoms with E-state index in [1.807, 2.05) is 37.3 Å². The van der Waals surface area contributed by atoms with E-state index in [4.69, 9.17) is 4.74 Å². The van der Waals surface area contributed by atoms with Crippen LogP contribution in [0.15, 0.2) is 41.7 Å². The lowest BCUT2D eigenvalue weighted by Gasteiger charge is -2.13. The summed E-state index contributed by atoms with van der Waals surface area (Å²) in [5.74, 6) is -0.213. The number of aryl methyl sites for hydroxylation is 2. The summed E-state index contributed by atoms with van der Waals surface area (Å²) in [7, 11) is 0. The van der Waals surface area contributed by atoms with E-state index in [9.17, 15) is 4.79 Å². The molecule has 0 saturated carbocycles. The zero-order valence-corrected chi connectivity index (χ0v) is 16.2. The summed E-state index contributed by atoms with van der Waals surface area (Å²) in [6, 6.07) is 9.75. The Morgan fingerprint density at radius 1 is 1.23 bits per heavy atom. The molecule has 2 heterocycles. The lowest BCUT2D eigenvalue weighted by Crippen LogP contribution is -2.17. The highest BCUT2D eigenvalue weighted by Crippen LogP contribution is 2.40. The van der Waals surface area contributed by atoms with E-state index in [1.165, 1.54) is 35.0 Å². The molecule has 0 saturated heterocycles. The molecular formula is C20H20N2O2S2. The highest BCUT2D eigenvalue weighted by atomic mass is 32.2. The van der Waals surface area contributed by atoms with Crippen molar-refractivity contribution in [2.24, 2.45) is 0 Å². The molecule has 4 rings (SSSR count). The van der Waals surface area contributed by atoms with Crippen LogP contribution in [0.3, 0.4) is 0 Å². The van der Waals surface area contributed by atoms with Crippen LogP contribution in [-0.4, -0.2) is 21.2 Å². The second-order valence-electron chi connectivity index (χ2n) is 6.42. The minimum absolute atomic E-state index is 0.213. The number of carbonyl (C=O) groups excluding carboxylic acids is 1. The fraction of sp³-hybridized carbons (Fsp3) is 0.350. The zero-order chi connectivity index (χ0) is 17.9. The Bertz CT molecular complexity index is 924. The molecule has 1 aliphatic carbocycles. The first-order chi connectivity index (χ1) is 12.7. The highest BCUT2D eigenvalue weighted by Gasteiger charge is 2.23. The topological polar surface area (TPSA) is 52.1 Å². The van der Waals surface area contributed by atoms with Crippen molar-refractivity contribution in [1.29, 1.82) is 0 Å². The predicted molar refractivity (Wildman–Crippen MR) is 106 cm³/mol. The molecule has 1 aliphatic rings.